The minimum absolute atomic E-state index is 0.546. The van der Waals surface area contributed by atoms with Gasteiger partial charge < -0.3 is 0 Å². The third-order valence-electron chi connectivity index (χ3n) is 5.30. The van der Waals surface area contributed by atoms with E-state index in [2.05, 4.69) is 72.6 Å². The summed E-state index contributed by atoms with van der Waals surface area (Å²) in [6, 6.07) is 11.4. The molecular formula is C24H39N2+. The average Bonchev–Trinajstić information content (AvgIpc) is 3.05. The molecule has 0 aliphatic carbocycles. The molecule has 2 rings (SSSR count). The number of aryl methyl sites for hydroxylation is 2. The molecule has 0 atom stereocenters. The second-order valence-electron chi connectivity index (χ2n) is 7.87. The van der Waals surface area contributed by atoms with Crippen molar-refractivity contribution in [3.8, 4) is 0 Å². The Bertz CT molecular complexity index is 598. The van der Waals surface area contributed by atoms with Gasteiger partial charge in [0.25, 0.3) is 5.82 Å². The third-order valence-corrected chi connectivity index (χ3v) is 5.30. The predicted molar refractivity (Wildman–Crippen MR) is 111 cm³/mol. The van der Waals surface area contributed by atoms with E-state index in [9.17, 15) is 0 Å². The van der Waals surface area contributed by atoms with Crippen LogP contribution in [0.4, 0.5) is 0 Å². The summed E-state index contributed by atoms with van der Waals surface area (Å²) in [5, 5.41) is 0. The summed E-state index contributed by atoms with van der Waals surface area (Å²) in [6.45, 7) is 8.00. The van der Waals surface area contributed by atoms with Crippen LogP contribution in [0.25, 0.3) is 0 Å². The van der Waals surface area contributed by atoms with Crippen molar-refractivity contribution in [3.63, 3.8) is 0 Å². The number of aromatic nitrogens is 2. The summed E-state index contributed by atoms with van der Waals surface area (Å²) in [6.07, 6.45) is 17.8. The molecule has 0 aliphatic rings. The van der Waals surface area contributed by atoms with Crippen LogP contribution in [-0.2, 0) is 19.4 Å². The molecule has 0 amide bonds. The van der Waals surface area contributed by atoms with Crippen molar-refractivity contribution in [2.24, 2.45) is 0 Å². The smallest absolute Gasteiger partial charge is 0.234 e. The van der Waals surface area contributed by atoms with E-state index in [1.165, 1.54) is 69.2 Å². The Morgan fingerprint density at radius 1 is 0.846 bits per heavy atom. The fraction of sp³-hybridized carbons (Fsp3) is 0.625. The highest BCUT2D eigenvalue weighted by Gasteiger charge is 2.18. The Kier molecular flexibility index (Phi) is 9.52. The second-order valence-corrected chi connectivity index (χ2v) is 7.87. The molecular weight excluding hydrogens is 316 g/mol. The van der Waals surface area contributed by atoms with Gasteiger partial charge in [-0.05, 0) is 38.7 Å². The highest BCUT2D eigenvalue weighted by molar-refractivity contribution is 5.14. The quantitative estimate of drug-likeness (QED) is 0.295. The first-order chi connectivity index (χ1) is 12.7. The Morgan fingerprint density at radius 2 is 1.54 bits per heavy atom. The van der Waals surface area contributed by atoms with Crippen molar-refractivity contribution >= 4 is 0 Å². The number of benzene rings is 1. The van der Waals surface area contributed by atoms with E-state index in [4.69, 9.17) is 0 Å². The van der Waals surface area contributed by atoms with Gasteiger partial charge >= 0.3 is 0 Å². The molecule has 0 spiro atoms. The minimum Gasteiger partial charge on any atom is -0.234 e. The first-order valence-corrected chi connectivity index (χ1v) is 10.9. The van der Waals surface area contributed by atoms with Gasteiger partial charge in [0.15, 0.2) is 0 Å². The van der Waals surface area contributed by atoms with Crippen molar-refractivity contribution < 1.29 is 4.57 Å². The third kappa shape index (κ3) is 6.97. The molecule has 1 aromatic heterocycles. The number of nitrogens with zero attached hydrogens (tertiary/aromatic N) is 2. The van der Waals surface area contributed by atoms with Crippen LogP contribution in [-0.4, -0.2) is 4.57 Å². The highest BCUT2D eigenvalue weighted by atomic mass is 15.2. The largest absolute Gasteiger partial charge is 0.256 e. The van der Waals surface area contributed by atoms with Crippen LogP contribution in [0.15, 0.2) is 42.7 Å². The Labute approximate surface area is 161 Å². The van der Waals surface area contributed by atoms with E-state index in [0.717, 1.165) is 13.0 Å². The van der Waals surface area contributed by atoms with Gasteiger partial charge in [0.1, 0.15) is 12.4 Å². The predicted octanol–water partition coefficient (Wildman–Crippen LogP) is 6.28. The van der Waals surface area contributed by atoms with E-state index in [0.29, 0.717) is 6.04 Å². The van der Waals surface area contributed by atoms with Crippen LogP contribution >= 0.6 is 0 Å². The molecule has 2 aromatic rings. The molecule has 0 saturated carbocycles. The second kappa shape index (κ2) is 11.9. The molecule has 0 bridgehead atoms. The van der Waals surface area contributed by atoms with Crippen LogP contribution in [0, 0.1) is 0 Å². The fourth-order valence-corrected chi connectivity index (χ4v) is 3.76. The van der Waals surface area contributed by atoms with Gasteiger partial charge in [0.2, 0.25) is 0 Å². The maximum absolute atomic E-state index is 2.50. The molecule has 1 aromatic carbocycles. The van der Waals surface area contributed by atoms with Gasteiger partial charge in [-0.25, -0.2) is 9.13 Å². The maximum Gasteiger partial charge on any atom is 0.256 e. The zero-order valence-electron chi connectivity index (χ0n) is 17.3. The molecule has 0 saturated heterocycles. The monoisotopic (exact) mass is 355 g/mol. The summed E-state index contributed by atoms with van der Waals surface area (Å²) in [5.74, 6) is 1.52. The van der Waals surface area contributed by atoms with E-state index < -0.39 is 0 Å². The highest BCUT2D eigenvalue weighted by Crippen LogP contribution is 2.13. The Balaban J connectivity index is 1.82. The number of hydrogen-bond donors (Lipinski definition) is 0. The van der Waals surface area contributed by atoms with Crippen molar-refractivity contribution in [1.82, 2.24) is 4.57 Å². The van der Waals surface area contributed by atoms with Crippen LogP contribution < -0.4 is 4.57 Å². The van der Waals surface area contributed by atoms with E-state index in [1.54, 1.807) is 0 Å². The van der Waals surface area contributed by atoms with Crippen LogP contribution in [0.3, 0.4) is 0 Å². The first-order valence-electron chi connectivity index (χ1n) is 10.9. The molecule has 0 N–H and O–H groups in total. The molecule has 1 heterocycles. The standard InChI is InChI=1S/C24H39N2/c1-4-5-6-7-8-9-13-18-24-25(20-21-26(24)22(2)3)19-14-17-23-15-11-10-12-16-23/h10-12,15-16,20-22H,4-9,13-14,17-19H2,1-3H3/q+1. The van der Waals surface area contributed by atoms with Crippen LogP contribution in [0.5, 0.6) is 0 Å². The lowest BCUT2D eigenvalue weighted by Crippen LogP contribution is -2.37. The summed E-state index contributed by atoms with van der Waals surface area (Å²) in [7, 11) is 0. The van der Waals surface area contributed by atoms with Gasteiger partial charge in [-0.2, -0.15) is 0 Å². The molecule has 0 unspecified atom stereocenters. The van der Waals surface area contributed by atoms with Gasteiger partial charge in [-0.3, -0.25) is 0 Å². The van der Waals surface area contributed by atoms with Crippen molar-refractivity contribution in [1.29, 1.82) is 0 Å². The molecule has 2 nitrogen and oxygen atoms in total. The lowest BCUT2D eigenvalue weighted by Gasteiger charge is -2.08. The van der Waals surface area contributed by atoms with Crippen LogP contribution in [0.1, 0.15) is 89.6 Å². The lowest BCUT2D eigenvalue weighted by atomic mass is 10.1. The zero-order valence-corrected chi connectivity index (χ0v) is 17.3. The molecule has 0 radical (unpaired) electrons. The lowest BCUT2D eigenvalue weighted by molar-refractivity contribution is -0.704. The molecule has 26 heavy (non-hydrogen) atoms. The van der Waals surface area contributed by atoms with E-state index in [-0.39, 0.29) is 0 Å². The van der Waals surface area contributed by atoms with Crippen molar-refractivity contribution in [2.45, 2.75) is 97.6 Å². The molecule has 2 heteroatoms. The number of imidazole rings is 1. The summed E-state index contributed by atoms with van der Waals surface area (Å²) >= 11 is 0. The zero-order chi connectivity index (χ0) is 18.6. The van der Waals surface area contributed by atoms with Crippen molar-refractivity contribution in [3.05, 3.63) is 54.1 Å². The number of hydrogen-bond acceptors (Lipinski definition) is 0. The summed E-state index contributed by atoms with van der Waals surface area (Å²) in [5.41, 5.74) is 1.45. The number of rotatable bonds is 13. The van der Waals surface area contributed by atoms with E-state index in [1.807, 2.05) is 0 Å². The normalized spacial score (nSPS) is 11.4. The summed E-state index contributed by atoms with van der Waals surface area (Å²) in [4.78, 5) is 0. The maximum atomic E-state index is 2.50. The SMILES string of the molecule is CCCCCCCCCc1n(C(C)C)cc[n+]1CCCc1ccccc1. The van der Waals surface area contributed by atoms with Crippen molar-refractivity contribution in [2.75, 3.05) is 0 Å². The van der Waals surface area contributed by atoms with Gasteiger partial charge in [-0.1, -0.05) is 75.8 Å². The molecule has 0 fully saturated rings. The molecule has 0 aliphatic heterocycles. The van der Waals surface area contributed by atoms with Gasteiger partial charge in [0, 0.05) is 6.42 Å². The fourth-order valence-electron chi connectivity index (χ4n) is 3.76. The average molecular weight is 356 g/mol. The number of unbranched alkanes of at least 4 members (excludes halogenated alkanes) is 6. The Hall–Kier alpha value is -1.57. The first kappa shape index (κ1) is 20.7. The van der Waals surface area contributed by atoms with Gasteiger partial charge in [-0.15, -0.1) is 0 Å². The Morgan fingerprint density at radius 3 is 2.23 bits per heavy atom. The summed E-state index contributed by atoms with van der Waals surface area (Å²) < 4.78 is 4.97. The minimum atomic E-state index is 0.546. The molecule has 144 valence electrons. The topological polar surface area (TPSA) is 8.81 Å². The van der Waals surface area contributed by atoms with Crippen LogP contribution in [0.2, 0.25) is 0 Å². The van der Waals surface area contributed by atoms with E-state index >= 15 is 0 Å². The van der Waals surface area contributed by atoms with Gasteiger partial charge in [0.05, 0.1) is 12.6 Å².